The molecule has 0 aliphatic heterocycles. The number of hydrogen-bond acceptors (Lipinski definition) is 4. The van der Waals surface area contributed by atoms with Gasteiger partial charge in [0.25, 0.3) is 5.56 Å². The van der Waals surface area contributed by atoms with Gasteiger partial charge in [0.2, 0.25) is 5.91 Å². The molecule has 0 saturated heterocycles. The lowest BCUT2D eigenvalue weighted by molar-refractivity contribution is -0.113. The number of thioether (sulfide) groups is 1. The summed E-state index contributed by atoms with van der Waals surface area (Å²) in [5.74, 6) is -1.00. The Balaban J connectivity index is 1.68. The van der Waals surface area contributed by atoms with Gasteiger partial charge in [-0.2, -0.15) is 0 Å². The standard InChI is InChI=1S/C22H14Cl2FN3O2S/c23-13-9-10-18(15(24)11-13)26-20(29)12-31-22-27-17-7-3-1-5-14(17)21(30)28(22)19-8-4-2-6-16(19)25/h1-11H,12H2,(H,26,29). The summed E-state index contributed by atoms with van der Waals surface area (Å²) >= 11 is 13.0. The van der Waals surface area contributed by atoms with Gasteiger partial charge in [-0.05, 0) is 42.5 Å². The van der Waals surface area contributed by atoms with Crippen molar-refractivity contribution in [1.82, 2.24) is 9.55 Å². The number of nitrogens with zero attached hydrogens (tertiary/aromatic N) is 2. The number of aromatic nitrogens is 2. The Morgan fingerprint density at radius 3 is 2.58 bits per heavy atom. The van der Waals surface area contributed by atoms with Crippen LogP contribution in [0.4, 0.5) is 10.1 Å². The van der Waals surface area contributed by atoms with E-state index in [1.807, 2.05) is 0 Å². The molecule has 1 aromatic heterocycles. The first-order valence-corrected chi connectivity index (χ1v) is 10.8. The molecule has 156 valence electrons. The van der Waals surface area contributed by atoms with E-state index in [4.69, 9.17) is 23.2 Å². The number of para-hydroxylation sites is 2. The van der Waals surface area contributed by atoms with E-state index in [1.54, 1.807) is 42.5 Å². The molecule has 0 bridgehead atoms. The second kappa shape index (κ2) is 9.09. The maximum absolute atomic E-state index is 14.5. The molecule has 0 aliphatic carbocycles. The number of carbonyl (C=O) groups is 1. The zero-order chi connectivity index (χ0) is 22.0. The molecule has 1 heterocycles. The van der Waals surface area contributed by atoms with Crippen molar-refractivity contribution in [3.05, 3.63) is 92.9 Å². The number of anilines is 1. The highest BCUT2D eigenvalue weighted by molar-refractivity contribution is 7.99. The minimum atomic E-state index is -0.569. The average Bonchev–Trinajstić information content (AvgIpc) is 2.75. The summed E-state index contributed by atoms with van der Waals surface area (Å²) in [7, 11) is 0. The van der Waals surface area contributed by atoms with Crippen LogP contribution in [-0.4, -0.2) is 21.2 Å². The number of halogens is 3. The van der Waals surface area contributed by atoms with Crippen LogP contribution < -0.4 is 10.9 Å². The van der Waals surface area contributed by atoms with Crippen molar-refractivity contribution < 1.29 is 9.18 Å². The van der Waals surface area contributed by atoms with Crippen LogP contribution >= 0.6 is 35.0 Å². The third-order valence-electron chi connectivity index (χ3n) is 4.38. The van der Waals surface area contributed by atoms with Gasteiger partial charge < -0.3 is 5.32 Å². The molecule has 0 radical (unpaired) electrons. The first kappa shape index (κ1) is 21.4. The van der Waals surface area contributed by atoms with Gasteiger partial charge in [-0.15, -0.1) is 0 Å². The summed E-state index contributed by atoms with van der Waals surface area (Å²) in [6, 6.07) is 17.4. The lowest BCUT2D eigenvalue weighted by atomic mass is 10.2. The van der Waals surface area contributed by atoms with Crippen molar-refractivity contribution in [3.8, 4) is 5.69 Å². The fourth-order valence-corrected chi connectivity index (χ4v) is 4.22. The molecule has 1 N–H and O–H groups in total. The summed E-state index contributed by atoms with van der Waals surface area (Å²) < 4.78 is 15.7. The molecule has 0 unspecified atom stereocenters. The zero-order valence-electron chi connectivity index (χ0n) is 15.8. The van der Waals surface area contributed by atoms with E-state index in [-0.39, 0.29) is 22.5 Å². The largest absolute Gasteiger partial charge is 0.324 e. The maximum atomic E-state index is 14.5. The highest BCUT2D eigenvalue weighted by atomic mass is 35.5. The van der Waals surface area contributed by atoms with E-state index in [0.29, 0.717) is 26.6 Å². The van der Waals surface area contributed by atoms with Gasteiger partial charge in [0.15, 0.2) is 5.16 Å². The summed E-state index contributed by atoms with van der Waals surface area (Å²) in [6.07, 6.45) is 0. The average molecular weight is 474 g/mol. The predicted molar refractivity (Wildman–Crippen MR) is 123 cm³/mol. The Morgan fingerprint density at radius 1 is 1.06 bits per heavy atom. The smallest absolute Gasteiger partial charge is 0.266 e. The second-order valence-corrected chi connectivity index (χ2v) is 8.25. The molecule has 9 heteroatoms. The first-order valence-electron chi connectivity index (χ1n) is 9.08. The first-order chi connectivity index (χ1) is 14.9. The Hall–Kier alpha value is -2.87. The maximum Gasteiger partial charge on any atom is 0.266 e. The van der Waals surface area contributed by atoms with Gasteiger partial charge in [-0.1, -0.05) is 59.2 Å². The molecule has 0 fully saturated rings. The van der Waals surface area contributed by atoms with Crippen LogP contribution in [0.25, 0.3) is 16.6 Å². The van der Waals surface area contributed by atoms with Crippen molar-refractivity contribution in [2.24, 2.45) is 0 Å². The molecule has 0 atom stereocenters. The van der Waals surface area contributed by atoms with E-state index >= 15 is 0 Å². The van der Waals surface area contributed by atoms with E-state index < -0.39 is 11.4 Å². The van der Waals surface area contributed by atoms with Crippen LogP contribution in [0.15, 0.2) is 76.7 Å². The number of amides is 1. The SMILES string of the molecule is O=C(CSc1nc2ccccc2c(=O)n1-c1ccccc1F)Nc1ccc(Cl)cc1Cl. The summed E-state index contributed by atoms with van der Waals surface area (Å²) in [5.41, 5.74) is 0.520. The van der Waals surface area contributed by atoms with Crippen LogP contribution in [0.1, 0.15) is 0 Å². The summed E-state index contributed by atoms with van der Waals surface area (Å²) in [6.45, 7) is 0. The predicted octanol–water partition coefficient (Wildman–Crippen LogP) is 5.56. The van der Waals surface area contributed by atoms with Crippen molar-refractivity contribution in [1.29, 1.82) is 0 Å². The van der Waals surface area contributed by atoms with Crippen LogP contribution in [0.3, 0.4) is 0 Å². The van der Waals surface area contributed by atoms with Crippen LogP contribution in [0.5, 0.6) is 0 Å². The van der Waals surface area contributed by atoms with E-state index in [9.17, 15) is 14.0 Å². The lowest BCUT2D eigenvalue weighted by Crippen LogP contribution is -2.23. The van der Waals surface area contributed by atoms with Crippen LogP contribution in [0, 0.1) is 5.82 Å². The molecule has 31 heavy (non-hydrogen) atoms. The Bertz CT molecular complexity index is 1360. The van der Waals surface area contributed by atoms with E-state index in [0.717, 1.165) is 11.8 Å². The van der Waals surface area contributed by atoms with Gasteiger partial charge in [0.1, 0.15) is 5.82 Å². The highest BCUT2D eigenvalue weighted by Gasteiger charge is 2.17. The Kier molecular flexibility index (Phi) is 6.27. The van der Waals surface area contributed by atoms with Crippen molar-refractivity contribution >= 4 is 57.5 Å². The fourth-order valence-electron chi connectivity index (χ4n) is 2.96. The molecule has 0 spiro atoms. The molecule has 5 nitrogen and oxygen atoms in total. The molecule has 3 aromatic carbocycles. The third-order valence-corrected chi connectivity index (χ3v) is 5.86. The highest BCUT2D eigenvalue weighted by Crippen LogP contribution is 2.27. The normalized spacial score (nSPS) is 10.9. The molecule has 0 aliphatic rings. The van der Waals surface area contributed by atoms with Crippen molar-refractivity contribution in [2.45, 2.75) is 5.16 Å². The molecule has 4 rings (SSSR count). The summed E-state index contributed by atoms with van der Waals surface area (Å²) in [4.78, 5) is 30.1. The van der Waals surface area contributed by atoms with Crippen molar-refractivity contribution in [3.63, 3.8) is 0 Å². The fraction of sp³-hybridized carbons (Fsp3) is 0.0455. The molecular weight excluding hydrogens is 460 g/mol. The Labute approximate surface area is 190 Å². The summed E-state index contributed by atoms with van der Waals surface area (Å²) in [5, 5.41) is 4.00. The molecule has 0 saturated carbocycles. The van der Waals surface area contributed by atoms with Gasteiger partial charge in [-0.25, -0.2) is 9.37 Å². The third kappa shape index (κ3) is 4.58. The minimum absolute atomic E-state index is 0.0643. The number of benzene rings is 3. The number of fused-ring (bicyclic) bond motifs is 1. The molecule has 4 aromatic rings. The molecular formula is C22H14Cl2FN3O2S. The van der Waals surface area contributed by atoms with Gasteiger partial charge in [0, 0.05) is 5.02 Å². The quantitative estimate of drug-likeness (QED) is 0.304. The van der Waals surface area contributed by atoms with Gasteiger partial charge in [-0.3, -0.25) is 14.2 Å². The van der Waals surface area contributed by atoms with E-state index in [2.05, 4.69) is 10.3 Å². The van der Waals surface area contributed by atoms with Crippen molar-refractivity contribution in [2.75, 3.05) is 11.1 Å². The van der Waals surface area contributed by atoms with Gasteiger partial charge in [0.05, 0.1) is 33.1 Å². The zero-order valence-corrected chi connectivity index (χ0v) is 18.1. The number of carbonyl (C=O) groups excluding carboxylic acids is 1. The lowest BCUT2D eigenvalue weighted by Gasteiger charge is -2.14. The van der Waals surface area contributed by atoms with Gasteiger partial charge >= 0.3 is 0 Å². The number of nitrogens with one attached hydrogen (secondary N) is 1. The van der Waals surface area contributed by atoms with Crippen LogP contribution in [-0.2, 0) is 4.79 Å². The number of hydrogen-bond donors (Lipinski definition) is 1. The van der Waals surface area contributed by atoms with E-state index in [1.165, 1.54) is 28.8 Å². The monoisotopic (exact) mass is 473 g/mol. The topological polar surface area (TPSA) is 64.0 Å². The second-order valence-electron chi connectivity index (χ2n) is 6.46. The van der Waals surface area contributed by atoms with Crippen LogP contribution in [0.2, 0.25) is 10.0 Å². The molecule has 1 amide bonds. The minimum Gasteiger partial charge on any atom is -0.324 e. The Morgan fingerprint density at radius 2 is 1.81 bits per heavy atom. The number of rotatable bonds is 5.